The van der Waals surface area contributed by atoms with Crippen LogP contribution in [-0.2, 0) is 6.18 Å². The normalized spacial score (nSPS) is 11.7. The number of amides is 1. The zero-order valence-corrected chi connectivity index (χ0v) is 18.5. The number of alkyl halides is 3. The van der Waals surface area contributed by atoms with E-state index in [1.54, 1.807) is 0 Å². The van der Waals surface area contributed by atoms with E-state index in [0.29, 0.717) is 15.1 Å². The summed E-state index contributed by atoms with van der Waals surface area (Å²) in [5.41, 5.74) is -1.08. The molecule has 4 aromatic rings. The molecule has 0 radical (unpaired) electrons. The largest absolute Gasteiger partial charge is 0.433 e. The van der Waals surface area contributed by atoms with E-state index in [1.807, 2.05) is 0 Å². The van der Waals surface area contributed by atoms with Gasteiger partial charge < -0.3 is 5.32 Å². The van der Waals surface area contributed by atoms with Crippen LogP contribution in [-0.4, -0.2) is 20.5 Å². The molecule has 1 amide bonds. The molecule has 2 aromatic carbocycles. The van der Waals surface area contributed by atoms with Gasteiger partial charge in [0.05, 0.1) is 26.4 Å². The monoisotopic (exact) mass is 518 g/mol. The van der Waals surface area contributed by atoms with Crippen LogP contribution in [0.15, 0.2) is 48.5 Å². The highest BCUT2D eigenvalue weighted by molar-refractivity contribution is 6.42. The predicted octanol–water partition coefficient (Wildman–Crippen LogP) is 7.28. The van der Waals surface area contributed by atoms with Crippen molar-refractivity contribution >= 4 is 63.6 Å². The molecule has 1 N–H and O–H groups in total. The third kappa shape index (κ3) is 4.49. The fourth-order valence-electron chi connectivity index (χ4n) is 2.87. The third-order valence-corrected chi connectivity index (χ3v) is 5.63. The first-order valence-electron chi connectivity index (χ1n) is 8.73. The molecule has 0 saturated heterocycles. The summed E-state index contributed by atoms with van der Waals surface area (Å²) in [7, 11) is 0. The number of carbonyl (C=O) groups excluding carboxylic acids is 1. The minimum atomic E-state index is -4.77. The Labute approximate surface area is 198 Å². The van der Waals surface area contributed by atoms with Gasteiger partial charge in [0.15, 0.2) is 17.0 Å². The Hall–Kier alpha value is -2.52. The second kappa shape index (κ2) is 8.44. The Bertz CT molecular complexity index is 1370. The van der Waals surface area contributed by atoms with Gasteiger partial charge >= 0.3 is 6.18 Å². The van der Waals surface area contributed by atoms with Crippen LogP contribution in [0.1, 0.15) is 16.2 Å². The number of hydrogen-bond donors (Lipinski definition) is 1. The average Bonchev–Trinajstić information content (AvgIpc) is 3.15. The smallest absolute Gasteiger partial charge is 0.319 e. The Morgan fingerprint density at radius 3 is 2.31 bits per heavy atom. The highest BCUT2D eigenvalue weighted by atomic mass is 35.5. The molecule has 164 valence electrons. The highest BCUT2D eigenvalue weighted by Gasteiger charge is 2.35. The molecule has 0 spiro atoms. The van der Waals surface area contributed by atoms with Crippen LogP contribution in [0, 0.1) is 0 Å². The topological polar surface area (TPSA) is 59.3 Å². The molecule has 32 heavy (non-hydrogen) atoms. The summed E-state index contributed by atoms with van der Waals surface area (Å²) in [6, 6.07) is 10.7. The fourth-order valence-corrected chi connectivity index (χ4v) is 3.62. The second-order valence-electron chi connectivity index (χ2n) is 6.53. The molecule has 4 rings (SSSR count). The number of anilines is 1. The van der Waals surface area contributed by atoms with Crippen LogP contribution >= 0.6 is 46.4 Å². The van der Waals surface area contributed by atoms with Crippen molar-refractivity contribution in [2.45, 2.75) is 6.18 Å². The number of carbonyl (C=O) groups is 1. The molecule has 5 nitrogen and oxygen atoms in total. The molecule has 0 unspecified atom stereocenters. The number of rotatable bonds is 3. The lowest BCUT2D eigenvalue weighted by Gasteiger charge is -2.11. The van der Waals surface area contributed by atoms with E-state index in [9.17, 15) is 18.0 Å². The van der Waals surface area contributed by atoms with Gasteiger partial charge in [0, 0.05) is 16.7 Å². The van der Waals surface area contributed by atoms with Crippen LogP contribution in [0.2, 0.25) is 20.1 Å². The summed E-state index contributed by atoms with van der Waals surface area (Å²) in [6.07, 6.45) is -4.77. The highest BCUT2D eigenvalue weighted by Crippen LogP contribution is 2.34. The quantitative estimate of drug-likeness (QED) is 0.309. The van der Waals surface area contributed by atoms with Crippen molar-refractivity contribution in [2.75, 3.05) is 5.32 Å². The average molecular weight is 520 g/mol. The molecule has 2 heterocycles. The lowest BCUT2D eigenvalue weighted by atomic mass is 10.1. The van der Waals surface area contributed by atoms with E-state index in [1.165, 1.54) is 36.4 Å². The molecule has 0 saturated carbocycles. The van der Waals surface area contributed by atoms with Gasteiger partial charge in [-0.15, -0.1) is 0 Å². The summed E-state index contributed by atoms with van der Waals surface area (Å²) in [5.74, 6) is -0.774. The molecular weight excluding hydrogens is 511 g/mol. The molecule has 12 heteroatoms. The van der Waals surface area contributed by atoms with Gasteiger partial charge in [0.2, 0.25) is 0 Å². The Morgan fingerprint density at radius 1 is 0.906 bits per heavy atom. The number of nitrogens with one attached hydrogen (secondary N) is 1. The number of aromatic nitrogens is 3. The van der Waals surface area contributed by atoms with E-state index >= 15 is 0 Å². The maximum Gasteiger partial charge on any atom is 0.433 e. The maximum atomic E-state index is 13.7. The van der Waals surface area contributed by atoms with E-state index in [4.69, 9.17) is 46.4 Å². The SMILES string of the molecule is O=C(Nc1ccc(Cl)cc1Cl)c1cc2nc(-c3ccc(Cl)c(Cl)c3)cc(C(F)(F)F)n2n1. The zero-order valence-electron chi connectivity index (χ0n) is 15.5. The molecule has 0 aliphatic rings. The van der Waals surface area contributed by atoms with Crippen LogP contribution in [0.5, 0.6) is 0 Å². The van der Waals surface area contributed by atoms with Crippen LogP contribution in [0.25, 0.3) is 16.9 Å². The van der Waals surface area contributed by atoms with Crippen molar-refractivity contribution in [3.8, 4) is 11.3 Å². The molecule has 0 fully saturated rings. The molecule has 0 aliphatic heterocycles. The summed E-state index contributed by atoms with van der Waals surface area (Å²) in [5, 5.41) is 7.20. The minimum absolute atomic E-state index is 0.0176. The summed E-state index contributed by atoms with van der Waals surface area (Å²) >= 11 is 23.7. The molecule has 0 aliphatic carbocycles. The van der Waals surface area contributed by atoms with E-state index in [2.05, 4.69) is 15.4 Å². The summed E-state index contributed by atoms with van der Waals surface area (Å²) in [4.78, 5) is 16.8. The van der Waals surface area contributed by atoms with Gasteiger partial charge in [-0.3, -0.25) is 4.79 Å². The van der Waals surface area contributed by atoms with Crippen molar-refractivity contribution in [2.24, 2.45) is 0 Å². The van der Waals surface area contributed by atoms with Crippen molar-refractivity contribution in [3.05, 3.63) is 80.0 Å². The number of hydrogen-bond acceptors (Lipinski definition) is 3. The van der Waals surface area contributed by atoms with Gasteiger partial charge in [-0.05, 0) is 36.4 Å². The fraction of sp³-hybridized carbons (Fsp3) is 0.0500. The van der Waals surface area contributed by atoms with Gasteiger partial charge in [-0.25, -0.2) is 9.50 Å². The number of benzene rings is 2. The molecule has 2 aromatic heterocycles. The maximum absolute atomic E-state index is 13.7. The molecular formula is C20H9Cl4F3N4O. The zero-order chi connectivity index (χ0) is 23.2. The van der Waals surface area contributed by atoms with Crippen LogP contribution in [0.3, 0.4) is 0 Å². The van der Waals surface area contributed by atoms with Crippen molar-refractivity contribution in [1.82, 2.24) is 14.6 Å². The first-order valence-corrected chi connectivity index (χ1v) is 10.2. The van der Waals surface area contributed by atoms with Gasteiger partial charge in [0.1, 0.15) is 0 Å². The van der Waals surface area contributed by atoms with E-state index in [-0.39, 0.29) is 37.8 Å². The lowest BCUT2D eigenvalue weighted by Crippen LogP contribution is -2.16. The van der Waals surface area contributed by atoms with Crippen molar-refractivity contribution in [3.63, 3.8) is 0 Å². The predicted molar refractivity (Wildman–Crippen MR) is 118 cm³/mol. The molecule has 0 atom stereocenters. The second-order valence-corrected chi connectivity index (χ2v) is 8.19. The van der Waals surface area contributed by atoms with Crippen LogP contribution in [0.4, 0.5) is 18.9 Å². The number of halogens is 7. The van der Waals surface area contributed by atoms with E-state index < -0.39 is 17.8 Å². The first-order chi connectivity index (χ1) is 15.0. The Morgan fingerprint density at radius 2 is 1.66 bits per heavy atom. The van der Waals surface area contributed by atoms with Crippen LogP contribution < -0.4 is 5.32 Å². The van der Waals surface area contributed by atoms with Gasteiger partial charge in [-0.1, -0.05) is 52.5 Å². The van der Waals surface area contributed by atoms with Gasteiger partial charge in [0.25, 0.3) is 5.91 Å². The van der Waals surface area contributed by atoms with Gasteiger partial charge in [-0.2, -0.15) is 18.3 Å². The van der Waals surface area contributed by atoms with E-state index in [0.717, 1.165) is 12.1 Å². The minimum Gasteiger partial charge on any atom is -0.319 e. The lowest BCUT2D eigenvalue weighted by molar-refractivity contribution is -0.142. The van der Waals surface area contributed by atoms with Crippen molar-refractivity contribution in [1.29, 1.82) is 0 Å². The first kappa shape index (κ1) is 22.7. The molecule has 0 bridgehead atoms. The Kier molecular flexibility index (Phi) is 5.98. The third-order valence-electron chi connectivity index (χ3n) is 4.34. The standard InChI is InChI=1S/C20H9Cl4F3N4O/c21-10-2-4-14(13(24)6-10)29-19(32)16-8-18-28-15(9-1-3-11(22)12(23)5-9)7-17(20(25,26)27)31(18)30-16/h1-8H,(H,29,32). The number of nitrogens with zero attached hydrogens (tertiary/aromatic N) is 3. The number of fused-ring (bicyclic) bond motifs is 1. The summed E-state index contributed by atoms with van der Waals surface area (Å²) < 4.78 is 41.8. The Balaban J connectivity index is 1.79. The van der Waals surface area contributed by atoms with Crippen molar-refractivity contribution < 1.29 is 18.0 Å². The summed E-state index contributed by atoms with van der Waals surface area (Å²) in [6.45, 7) is 0.